The Morgan fingerprint density at radius 2 is 2.00 bits per heavy atom. The molecule has 2 aromatic carbocycles. The molecule has 0 unspecified atom stereocenters. The summed E-state index contributed by atoms with van der Waals surface area (Å²) in [5, 5.41) is 13.7. The van der Waals surface area contributed by atoms with Crippen molar-refractivity contribution in [1.82, 2.24) is 14.8 Å². The Morgan fingerprint density at radius 1 is 1.23 bits per heavy atom. The van der Waals surface area contributed by atoms with Crippen LogP contribution in [0.5, 0.6) is 0 Å². The van der Waals surface area contributed by atoms with Crippen molar-refractivity contribution in [3.63, 3.8) is 0 Å². The normalized spacial score (nSPS) is 11.1. The van der Waals surface area contributed by atoms with Gasteiger partial charge in [-0.25, -0.2) is 0 Å². The maximum atomic E-state index is 12.5. The van der Waals surface area contributed by atoms with Crippen LogP contribution in [0.15, 0.2) is 64.7 Å². The Bertz CT molecular complexity index is 1260. The van der Waals surface area contributed by atoms with Gasteiger partial charge in [0.05, 0.1) is 5.75 Å². The zero-order chi connectivity index (χ0) is 22.0. The van der Waals surface area contributed by atoms with Gasteiger partial charge in [-0.05, 0) is 49.2 Å². The number of benzene rings is 2. The molecule has 6 nitrogen and oxygen atoms in total. The third-order valence-electron chi connectivity index (χ3n) is 4.81. The number of aryl methyl sites for hydroxylation is 2. The lowest BCUT2D eigenvalue weighted by molar-refractivity contribution is -0.113. The SMILES string of the molecule is C=CCn1c(SCC(=O)Nc2c(C)cccc2C)nnc1-c1cc2cc(Cl)ccc2o1. The molecular formula is C23H21ClN4O2S. The van der Waals surface area contributed by atoms with Crippen molar-refractivity contribution in [3.8, 4) is 11.6 Å². The number of carbonyl (C=O) groups is 1. The van der Waals surface area contributed by atoms with Crippen molar-refractivity contribution in [3.05, 3.63) is 71.3 Å². The molecule has 0 spiro atoms. The summed E-state index contributed by atoms with van der Waals surface area (Å²) >= 11 is 7.40. The highest BCUT2D eigenvalue weighted by molar-refractivity contribution is 7.99. The van der Waals surface area contributed by atoms with Gasteiger partial charge >= 0.3 is 0 Å². The zero-order valence-electron chi connectivity index (χ0n) is 17.2. The van der Waals surface area contributed by atoms with Gasteiger partial charge in [-0.15, -0.1) is 16.8 Å². The first-order chi connectivity index (χ1) is 15.0. The predicted octanol–water partition coefficient (Wildman–Crippen LogP) is 5.88. The van der Waals surface area contributed by atoms with E-state index in [9.17, 15) is 4.79 Å². The lowest BCUT2D eigenvalue weighted by Crippen LogP contribution is -2.16. The van der Waals surface area contributed by atoms with E-state index in [1.165, 1.54) is 11.8 Å². The largest absolute Gasteiger partial charge is 0.453 e. The number of para-hydroxylation sites is 1. The molecule has 2 heterocycles. The lowest BCUT2D eigenvalue weighted by atomic mass is 10.1. The number of anilines is 1. The van der Waals surface area contributed by atoms with Crippen molar-refractivity contribution in [2.24, 2.45) is 0 Å². The van der Waals surface area contributed by atoms with E-state index < -0.39 is 0 Å². The van der Waals surface area contributed by atoms with Crippen LogP contribution in [0.2, 0.25) is 5.02 Å². The van der Waals surface area contributed by atoms with Crippen LogP contribution in [0.4, 0.5) is 5.69 Å². The highest BCUT2D eigenvalue weighted by Crippen LogP contribution is 2.31. The number of aromatic nitrogens is 3. The Hall–Kier alpha value is -3.03. The highest BCUT2D eigenvalue weighted by atomic mass is 35.5. The van der Waals surface area contributed by atoms with Gasteiger partial charge < -0.3 is 9.73 Å². The molecule has 0 saturated heterocycles. The van der Waals surface area contributed by atoms with Crippen LogP contribution < -0.4 is 5.32 Å². The van der Waals surface area contributed by atoms with Gasteiger partial charge in [0.2, 0.25) is 11.7 Å². The summed E-state index contributed by atoms with van der Waals surface area (Å²) in [6.45, 7) is 8.26. The average molecular weight is 453 g/mol. The molecule has 0 saturated carbocycles. The second kappa shape index (κ2) is 8.99. The quantitative estimate of drug-likeness (QED) is 0.280. The van der Waals surface area contributed by atoms with Crippen LogP contribution in [0.25, 0.3) is 22.6 Å². The first kappa shape index (κ1) is 21.2. The topological polar surface area (TPSA) is 73.0 Å². The minimum Gasteiger partial charge on any atom is -0.453 e. The maximum Gasteiger partial charge on any atom is 0.234 e. The first-order valence-electron chi connectivity index (χ1n) is 9.68. The molecule has 0 bridgehead atoms. The van der Waals surface area contributed by atoms with Gasteiger partial charge in [0.25, 0.3) is 0 Å². The summed E-state index contributed by atoms with van der Waals surface area (Å²) in [7, 11) is 0. The molecule has 158 valence electrons. The Kier molecular flexibility index (Phi) is 6.15. The molecule has 2 aromatic heterocycles. The number of halogens is 1. The summed E-state index contributed by atoms with van der Waals surface area (Å²) in [5.41, 5.74) is 3.62. The van der Waals surface area contributed by atoms with E-state index in [1.54, 1.807) is 12.1 Å². The van der Waals surface area contributed by atoms with Crippen LogP contribution in [0, 0.1) is 13.8 Å². The van der Waals surface area contributed by atoms with E-state index in [0.717, 1.165) is 27.8 Å². The Balaban J connectivity index is 1.54. The van der Waals surface area contributed by atoms with Crippen molar-refractivity contribution in [2.45, 2.75) is 25.5 Å². The summed E-state index contributed by atoms with van der Waals surface area (Å²) in [6.07, 6.45) is 1.76. The Morgan fingerprint density at radius 3 is 2.74 bits per heavy atom. The predicted molar refractivity (Wildman–Crippen MR) is 126 cm³/mol. The number of thioether (sulfide) groups is 1. The average Bonchev–Trinajstić information content (AvgIpc) is 3.33. The molecule has 0 fully saturated rings. The molecule has 0 atom stereocenters. The van der Waals surface area contributed by atoms with Crippen molar-refractivity contribution in [2.75, 3.05) is 11.1 Å². The molecule has 0 aliphatic rings. The fourth-order valence-corrected chi connectivity index (χ4v) is 4.24. The number of nitrogens with one attached hydrogen (secondary N) is 1. The molecule has 31 heavy (non-hydrogen) atoms. The molecule has 0 aliphatic heterocycles. The number of carbonyl (C=O) groups excluding carboxylic acids is 1. The fraction of sp³-hybridized carbons (Fsp3) is 0.174. The van der Waals surface area contributed by atoms with E-state index in [1.807, 2.05) is 54.8 Å². The van der Waals surface area contributed by atoms with Crippen LogP contribution in [0.1, 0.15) is 11.1 Å². The van der Waals surface area contributed by atoms with Crippen LogP contribution in [-0.2, 0) is 11.3 Å². The zero-order valence-corrected chi connectivity index (χ0v) is 18.8. The van der Waals surface area contributed by atoms with E-state index in [0.29, 0.717) is 28.3 Å². The number of nitrogens with zero attached hydrogens (tertiary/aromatic N) is 3. The highest BCUT2D eigenvalue weighted by Gasteiger charge is 2.18. The van der Waals surface area contributed by atoms with Gasteiger partial charge in [0.15, 0.2) is 10.9 Å². The number of hydrogen-bond acceptors (Lipinski definition) is 5. The minimum absolute atomic E-state index is 0.101. The third-order valence-corrected chi connectivity index (χ3v) is 6.01. The summed E-state index contributed by atoms with van der Waals surface area (Å²) in [4.78, 5) is 12.5. The van der Waals surface area contributed by atoms with E-state index in [-0.39, 0.29) is 11.7 Å². The summed E-state index contributed by atoms with van der Waals surface area (Å²) in [6, 6.07) is 13.2. The smallest absolute Gasteiger partial charge is 0.234 e. The van der Waals surface area contributed by atoms with Crippen molar-refractivity contribution in [1.29, 1.82) is 0 Å². The first-order valence-corrected chi connectivity index (χ1v) is 11.0. The summed E-state index contributed by atoms with van der Waals surface area (Å²) in [5.74, 6) is 1.26. The van der Waals surface area contributed by atoms with E-state index in [4.69, 9.17) is 16.0 Å². The molecule has 0 radical (unpaired) electrons. The third kappa shape index (κ3) is 4.52. The lowest BCUT2D eigenvalue weighted by Gasteiger charge is -2.11. The van der Waals surface area contributed by atoms with Gasteiger partial charge in [-0.1, -0.05) is 47.6 Å². The molecule has 4 aromatic rings. The fourth-order valence-electron chi connectivity index (χ4n) is 3.31. The van der Waals surface area contributed by atoms with Crippen molar-refractivity contribution < 1.29 is 9.21 Å². The van der Waals surface area contributed by atoms with Crippen LogP contribution in [-0.4, -0.2) is 26.4 Å². The molecule has 4 rings (SSSR count). The Labute approximate surface area is 189 Å². The monoisotopic (exact) mass is 452 g/mol. The van der Waals surface area contributed by atoms with E-state index >= 15 is 0 Å². The number of allylic oxidation sites excluding steroid dienone is 1. The molecule has 8 heteroatoms. The summed E-state index contributed by atoms with van der Waals surface area (Å²) < 4.78 is 7.81. The number of rotatable bonds is 7. The van der Waals surface area contributed by atoms with Crippen LogP contribution >= 0.6 is 23.4 Å². The molecule has 1 N–H and O–H groups in total. The molecule has 1 amide bonds. The molecular weight excluding hydrogens is 432 g/mol. The van der Waals surface area contributed by atoms with Gasteiger partial charge in [0, 0.05) is 22.6 Å². The van der Waals surface area contributed by atoms with Crippen LogP contribution in [0.3, 0.4) is 0 Å². The second-order valence-electron chi connectivity index (χ2n) is 7.10. The number of amides is 1. The number of fused-ring (bicyclic) bond motifs is 1. The minimum atomic E-state index is -0.101. The van der Waals surface area contributed by atoms with Gasteiger partial charge in [-0.3, -0.25) is 9.36 Å². The van der Waals surface area contributed by atoms with Gasteiger partial charge in [-0.2, -0.15) is 0 Å². The van der Waals surface area contributed by atoms with Crippen molar-refractivity contribution >= 4 is 45.9 Å². The molecule has 0 aliphatic carbocycles. The number of hydrogen-bond donors (Lipinski definition) is 1. The maximum absolute atomic E-state index is 12.5. The standard InChI is InChI=1S/C23H21ClN4O2S/c1-4-10-28-22(19-12-16-11-17(24)8-9-18(16)30-19)26-27-23(28)31-13-20(29)25-21-14(2)6-5-7-15(21)3/h4-9,11-12H,1,10,13H2,2-3H3,(H,25,29). The van der Waals surface area contributed by atoms with Gasteiger partial charge in [0.1, 0.15) is 5.58 Å². The van der Waals surface area contributed by atoms with E-state index in [2.05, 4.69) is 22.1 Å². The second-order valence-corrected chi connectivity index (χ2v) is 8.48. The number of furan rings is 1.